The van der Waals surface area contributed by atoms with Crippen LogP contribution in [-0.4, -0.2) is 16.7 Å². The summed E-state index contributed by atoms with van der Waals surface area (Å²) in [5.41, 5.74) is 6.28. The molecule has 2 aromatic rings. The van der Waals surface area contributed by atoms with E-state index in [9.17, 15) is 9.59 Å². The van der Waals surface area contributed by atoms with E-state index in [-0.39, 0.29) is 18.6 Å². The largest absolute Gasteiger partial charge is 0.370 e. The number of hydrogen-bond donors (Lipinski definition) is 2. The van der Waals surface area contributed by atoms with E-state index < -0.39 is 5.91 Å². The van der Waals surface area contributed by atoms with Crippen LogP contribution in [0, 0.1) is 0 Å². The highest BCUT2D eigenvalue weighted by atomic mass is 32.1. The second-order valence-electron chi connectivity index (χ2n) is 3.92. The van der Waals surface area contributed by atoms with E-state index in [1.807, 2.05) is 18.2 Å². The van der Waals surface area contributed by atoms with Gasteiger partial charge in [0.05, 0.1) is 5.52 Å². The van der Waals surface area contributed by atoms with E-state index in [0.29, 0.717) is 11.1 Å². The summed E-state index contributed by atoms with van der Waals surface area (Å²) in [6, 6.07) is 7.10. The molecule has 0 atom stereocenters. The van der Waals surface area contributed by atoms with Crippen LogP contribution >= 0.6 is 12.6 Å². The number of hydrogen-bond acceptors (Lipinski definition) is 4. The zero-order valence-corrected chi connectivity index (χ0v) is 10.5. The maximum atomic E-state index is 12.0. The third kappa shape index (κ3) is 2.51. The first-order valence-electron chi connectivity index (χ1n) is 5.48. The van der Waals surface area contributed by atoms with Crippen molar-refractivity contribution in [1.82, 2.24) is 4.98 Å². The first kappa shape index (κ1) is 12.6. The van der Waals surface area contributed by atoms with Gasteiger partial charge in [-0.1, -0.05) is 12.1 Å². The Labute approximate surface area is 110 Å². The molecule has 1 aromatic carbocycles. The van der Waals surface area contributed by atoms with Crippen LogP contribution < -0.4 is 5.73 Å². The quantitative estimate of drug-likeness (QED) is 0.652. The third-order valence-corrected chi connectivity index (χ3v) is 3.01. The van der Waals surface area contributed by atoms with Gasteiger partial charge in [0.15, 0.2) is 5.78 Å². The van der Waals surface area contributed by atoms with Gasteiger partial charge in [0.1, 0.15) is 0 Å². The van der Waals surface area contributed by atoms with Gasteiger partial charge in [-0.15, -0.1) is 12.6 Å². The van der Waals surface area contributed by atoms with Gasteiger partial charge < -0.3 is 5.73 Å². The molecule has 0 radical (unpaired) electrons. The van der Waals surface area contributed by atoms with Gasteiger partial charge in [-0.3, -0.25) is 14.6 Å². The number of benzene rings is 1. The van der Waals surface area contributed by atoms with Crippen LogP contribution in [0.4, 0.5) is 0 Å². The number of amides is 1. The number of ketones is 1. The van der Waals surface area contributed by atoms with Crippen LogP contribution in [0.5, 0.6) is 0 Å². The second kappa shape index (κ2) is 5.18. The predicted octanol–water partition coefficient (Wildman–Crippen LogP) is 1.97. The van der Waals surface area contributed by atoms with Gasteiger partial charge in [-0.05, 0) is 12.1 Å². The number of thiol groups is 1. The monoisotopic (exact) mass is 260 g/mol. The summed E-state index contributed by atoms with van der Waals surface area (Å²) >= 11 is 4.30. The van der Waals surface area contributed by atoms with Crippen molar-refractivity contribution >= 4 is 35.2 Å². The fourth-order valence-corrected chi connectivity index (χ4v) is 2.04. The van der Waals surface area contributed by atoms with Crippen LogP contribution in [0.3, 0.4) is 0 Å². The number of fused-ring (bicyclic) bond motifs is 1. The Morgan fingerprint density at radius 2 is 2.00 bits per heavy atom. The summed E-state index contributed by atoms with van der Waals surface area (Å²) in [5, 5.41) is 0.750. The minimum atomic E-state index is -0.475. The van der Waals surface area contributed by atoms with Crippen molar-refractivity contribution < 1.29 is 9.59 Å². The third-order valence-electron chi connectivity index (χ3n) is 2.65. The standard InChI is InChI=1S/C13H12N2O2S/c14-12(17)5-4-10(16)8-6-7-15-13-9(8)2-1-3-11(13)18/h1-3,6-7,18H,4-5H2,(H2,14,17). The molecule has 0 aliphatic carbocycles. The van der Waals surface area contributed by atoms with E-state index in [1.165, 1.54) is 0 Å². The first-order valence-corrected chi connectivity index (χ1v) is 5.92. The van der Waals surface area contributed by atoms with E-state index in [2.05, 4.69) is 17.6 Å². The van der Waals surface area contributed by atoms with Crippen LogP contribution in [-0.2, 0) is 4.79 Å². The molecule has 1 aromatic heterocycles. The maximum Gasteiger partial charge on any atom is 0.217 e. The number of carbonyl (C=O) groups excluding carboxylic acids is 2. The van der Waals surface area contributed by atoms with Crippen LogP contribution in [0.15, 0.2) is 35.4 Å². The van der Waals surface area contributed by atoms with Crippen LogP contribution in [0.25, 0.3) is 10.9 Å². The normalized spacial score (nSPS) is 10.5. The van der Waals surface area contributed by atoms with Crippen molar-refractivity contribution in [3.8, 4) is 0 Å². The summed E-state index contributed by atoms with van der Waals surface area (Å²) in [6.45, 7) is 0. The first-order chi connectivity index (χ1) is 8.59. The molecule has 18 heavy (non-hydrogen) atoms. The van der Waals surface area contributed by atoms with Gasteiger partial charge in [-0.2, -0.15) is 0 Å². The molecule has 0 spiro atoms. The number of rotatable bonds is 4. The van der Waals surface area contributed by atoms with Gasteiger partial charge in [0.25, 0.3) is 0 Å². The van der Waals surface area contributed by atoms with Crippen LogP contribution in [0.2, 0.25) is 0 Å². The Balaban J connectivity index is 2.42. The zero-order chi connectivity index (χ0) is 13.1. The Bertz CT molecular complexity index is 625. The second-order valence-corrected chi connectivity index (χ2v) is 4.40. The molecule has 2 rings (SSSR count). The maximum absolute atomic E-state index is 12.0. The van der Waals surface area contributed by atoms with Crippen molar-refractivity contribution in [3.63, 3.8) is 0 Å². The van der Waals surface area contributed by atoms with E-state index in [1.54, 1.807) is 12.3 Å². The van der Waals surface area contributed by atoms with Gasteiger partial charge in [-0.25, -0.2) is 0 Å². The highest BCUT2D eigenvalue weighted by Crippen LogP contribution is 2.23. The molecule has 1 amide bonds. The number of primary amides is 1. The molecule has 0 saturated carbocycles. The lowest BCUT2D eigenvalue weighted by atomic mass is 10.0. The highest BCUT2D eigenvalue weighted by Gasteiger charge is 2.12. The molecule has 4 nitrogen and oxygen atoms in total. The van der Waals surface area contributed by atoms with E-state index >= 15 is 0 Å². The molecule has 0 aliphatic heterocycles. The Hall–Kier alpha value is -1.88. The topological polar surface area (TPSA) is 73.1 Å². The fraction of sp³-hybridized carbons (Fsp3) is 0.154. The molecule has 2 N–H and O–H groups in total. The average Bonchev–Trinajstić information content (AvgIpc) is 2.36. The number of para-hydroxylation sites is 1. The SMILES string of the molecule is NC(=O)CCC(=O)c1ccnc2c(S)cccc12. The zero-order valence-electron chi connectivity index (χ0n) is 9.59. The van der Waals surface area contributed by atoms with Crippen molar-refractivity contribution in [2.24, 2.45) is 5.73 Å². The smallest absolute Gasteiger partial charge is 0.217 e. The lowest BCUT2D eigenvalue weighted by molar-refractivity contribution is -0.118. The number of nitrogens with zero attached hydrogens (tertiary/aromatic N) is 1. The van der Waals surface area contributed by atoms with E-state index in [0.717, 1.165) is 10.3 Å². The van der Waals surface area contributed by atoms with Gasteiger partial charge in [0, 0.05) is 34.9 Å². The molecular formula is C13H12N2O2S. The number of aromatic nitrogens is 1. The number of nitrogens with two attached hydrogens (primary N) is 1. The molecule has 0 saturated heterocycles. The van der Waals surface area contributed by atoms with Crippen molar-refractivity contribution in [1.29, 1.82) is 0 Å². The number of carbonyl (C=O) groups is 2. The lowest BCUT2D eigenvalue weighted by Crippen LogP contribution is -2.13. The Morgan fingerprint density at radius 1 is 1.22 bits per heavy atom. The minimum absolute atomic E-state index is 0.0587. The highest BCUT2D eigenvalue weighted by molar-refractivity contribution is 7.80. The summed E-state index contributed by atoms with van der Waals surface area (Å²) in [5.74, 6) is -0.586. The van der Waals surface area contributed by atoms with Gasteiger partial charge >= 0.3 is 0 Å². The van der Waals surface area contributed by atoms with Crippen molar-refractivity contribution in [3.05, 3.63) is 36.0 Å². The number of Topliss-reactive ketones (excluding diaryl/α,β-unsaturated/α-hetero) is 1. The van der Waals surface area contributed by atoms with Crippen molar-refractivity contribution in [2.75, 3.05) is 0 Å². The predicted molar refractivity (Wildman–Crippen MR) is 71.8 cm³/mol. The molecule has 0 bridgehead atoms. The summed E-state index contributed by atoms with van der Waals surface area (Å²) in [7, 11) is 0. The molecule has 0 aliphatic rings. The summed E-state index contributed by atoms with van der Waals surface area (Å²) in [4.78, 5) is 27.6. The average molecular weight is 260 g/mol. The van der Waals surface area contributed by atoms with E-state index in [4.69, 9.17) is 5.73 Å². The molecular weight excluding hydrogens is 248 g/mol. The molecule has 0 unspecified atom stereocenters. The van der Waals surface area contributed by atoms with Crippen LogP contribution in [0.1, 0.15) is 23.2 Å². The number of pyridine rings is 1. The summed E-state index contributed by atoms with van der Waals surface area (Å²) in [6.07, 6.45) is 1.74. The molecule has 1 heterocycles. The molecule has 5 heteroatoms. The molecule has 92 valence electrons. The fourth-order valence-electron chi connectivity index (χ4n) is 1.78. The lowest BCUT2D eigenvalue weighted by Gasteiger charge is -2.05. The minimum Gasteiger partial charge on any atom is -0.370 e. The van der Waals surface area contributed by atoms with Crippen molar-refractivity contribution in [2.45, 2.75) is 17.7 Å². The summed E-state index contributed by atoms with van der Waals surface area (Å²) < 4.78 is 0. The molecule has 0 fully saturated rings. The Morgan fingerprint density at radius 3 is 2.72 bits per heavy atom. The van der Waals surface area contributed by atoms with Gasteiger partial charge in [0.2, 0.25) is 5.91 Å². The Kier molecular flexibility index (Phi) is 3.62.